The average Bonchev–Trinajstić information content (AvgIpc) is 2.70. The first-order valence-electron chi connectivity index (χ1n) is 7.28. The van der Waals surface area contributed by atoms with Gasteiger partial charge in [0.05, 0.1) is 17.0 Å². The molecule has 0 spiro atoms. The highest BCUT2D eigenvalue weighted by atomic mass is 32.2. The number of primary amides is 1. The van der Waals surface area contributed by atoms with Crippen LogP contribution in [0.1, 0.15) is 32.6 Å². The van der Waals surface area contributed by atoms with Gasteiger partial charge in [0, 0.05) is 12.6 Å². The van der Waals surface area contributed by atoms with Crippen molar-refractivity contribution in [2.24, 2.45) is 17.4 Å². The van der Waals surface area contributed by atoms with E-state index in [1.165, 1.54) is 0 Å². The van der Waals surface area contributed by atoms with Gasteiger partial charge >= 0.3 is 0 Å². The Kier molecular flexibility index (Phi) is 4.41. The van der Waals surface area contributed by atoms with E-state index in [0.29, 0.717) is 13.0 Å². The van der Waals surface area contributed by atoms with Crippen LogP contribution in [0.4, 0.5) is 0 Å². The summed E-state index contributed by atoms with van der Waals surface area (Å²) in [5.41, 5.74) is 10.7. The molecule has 0 aromatic heterocycles. The summed E-state index contributed by atoms with van der Waals surface area (Å²) in [4.78, 5) is 13.7. The maximum absolute atomic E-state index is 11.6. The third kappa shape index (κ3) is 3.15. The molecule has 6 nitrogen and oxygen atoms in total. The minimum Gasteiger partial charge on any atom is -0.368 e. The molecular formula is C13H25N3O3S. The second-order valence-electron chi connectivity index (χ2n) is 6.28. The molecule has 1 aliphatic carbocycles. The van der Waals surface area contributed by atoms with Gasteiger partial charge in [0.1, 0.15) is 0 Å². The number of rotatable bonds is 4. The van der Waals surface area contributed by atoms with Crippen LogP contribution in [-0.2, 0) is 14.6 Å². The highest BCUT2D eigenvalue weighted by molar-refractivity contribution is 7.91. The second-order valence-corrected chi connectivity index (χ2v) is 8.51. The predicted molar refractivity (Wildman–Crippen MR) is 77.8 cm³/mol. The van der Waals surface area contributed by atoms with Gasteiger partial charge in [-0.2, -0.15) is 0 Å². The highest BCUT2D eigenvalue weighted by Gasteiger charge is 2.44. The van der Waals surface area contributed by atoms with Crippen LogP contribution in [-0.4, -0.2) is 55.4 Å². The van der Waals surface area contributed by atoms with E-state index in [0.717, 1.165) is 25.8 Å². The van der Waals surface area contributed by atoms with Crippen molar-refractivity contribution in [2.45, 2.75) is 44.2 Å². The average molecular weight is 303 g/mol. The minimum atomic E-state index is -2.88. The van der Waals surface area contributed by atoms with Gasteiger partial charge in [0.2, 0.25) is 5.91 Å². The van der Waals surface area contributed by atoms with Crippen molar-refractivity contribution in [1.82, 2.24) is 4.90 Å². The van der Waals surface area contributed by atoms with Crippen LogP contribution < -0.4 is 11.5 Å². The molecule has 3 atom stereocenters. The third-order valence-corrected chi connectivity index (χ3v) is 6.70. The molecule has 1 amide bonds. The first-order valence-corrected chi connectivity index (χ1v) is 9.10. The summed E-state index contributed by atoms with van der Waals surface area (Å²) in [7, 11) is -2.88. The van der Waals surface area contributed by atoms with Crippen LogP contribution in [0.15, 0.2) is 0 Å². The zero-order chi connectivity index (χ0) is 15.0. The lowest BCUT2D eigenvalue weighted by molar-refractivity contribution is -0.124. The van der Waals surface area contributed by atoms with Crippen molar-refractivity contribution in [3.8, 4) is 0 Å². The van der Waals surface area contributed by atoms with Crippen molar-refractivity contribution in [2.75, 3.05) is 24.6 Å². The Bertz CT molecular complexity index is 479. The van der Waals surface area contributed by atoms with Gasteiger partial charge in [-0.1, -0.05) is 6.42 Å². The van der Waals surface area contributed by atoms with Crippen LogP contribution in [0.25, 0.3) is 0 Å². The van der Waals surface area contributed by atoms with E-state index in [2.05, 4.69) is 4.90 Å². The number of nitrogens with zero attached hydrogens (tertiary/aromatic N) is 1. The third-order valence-electron chi connectivity index (χ3n) is 4.90. The Morgan fingerprint density at radius 2 is 2.15 bits per heavy atom. The quantitative estimate of drug-likeness (QED) is 0.726. The first kappa shape index (κ1) is 15.7. The molecule has 1 heterocycles. The fraction of sp³-hybridized carbons (Fsp3) is 0.923. The number of sulfone groups is 1. The lowest BCUT2D eigenvalue weighted by atomic mass is 9.85. The minimum absolute atomic E-state index is 0.0379. The molecule has 0 radical (unpaired) electrons. The summed E-state index contributed by atoms with van der Waals surface area (Å²) in [5, 5.41) is 0. The maximum Gasteiger partial charge on any atom is 0.237 e. The highest BCUT2D eigenvalue weighted by Crippen LogP contribution is 2.36. The largest absolute Gasteiger partial charge is 0.368 e. The number of carbonyl (C=O) groups excluding carboxylic acids is 1. The van der Waals surface area contributed by atoms with E-state index >= 15 is 0 Å². The Labute approximate surface area is 120 Å². The van der Waals surface area contributed by atoms with Crippen LogP contribution in [0.5, 0.6) is 0 Å². The molecule has 0 aromatic carbocycles. The fourth-order valence-corrected chi connectivity index (χ4v) is 5.14. The zero-order valence-corrected chi connectivity index (χ0v) is 12.9. The smallest absolute Gasteiger partial charge is 0.237 e. The van der Waals surface area contributed by atoms with Gasteiger partial charge in [-0.15, -0.1) is 0 Å². The van der Waals surface area contributed by atoms with Gasteiger partial charge in [0.25, 0.3) is 0 Å². The molecule has 0 bridgehead atoms. The summed E-state index contributed by atoms with van der Waals surface area (Å²) >= 11 is 0. The molecule has 2 aliphatic rings. The van der Waals surface area contributed by atoms with Crippen molar-refractivity contribution in [3.05, 3.63) is 0 Å². The van der Waals surface area contributed by atoms with Gasteiger partial charge in [-0.25, -0.2) is 8.42 Å². The predicted octanol–water partition coefficient (Wildman–Crippen LogP) is -0.522. The van der Waals surface area contributed by atoms with E-state index in [-0.39, 0.29) is 23.5 Å². The SMILES string of the molecule is CC1CS(=O)(=O)CCN1CCC1CCCC1(N)C(N)=O. The Morgan fingerprint density at radius 3 is 2.75 bits per heavy atom. The van der Waals surface area contributed by atoms with E-state index in [1.807, 2.05) is 6.92 Å². The molecule has 7 heteroatoms. The van der Waals surface area contributed by atoms with Crippen molar-refractivity contribution < 1.29 is 13.2 Å². The van der Waals surface area contributed by atoms with E-state index < -0.39 is 21.3 Å². The van der Waals surface area contributed by atoms with E-state index in [1.54, 1.807) is 0 Å². The molecular weight excluding hydrogens is 278 g/mol. The zero-order valence-electron chi connectivity index (χ0n) is 12.0. The summed E-state index contributed by atoms with van der Waals surface area (Å²) in [6.07, 6.45) is 3.34. The van der Waals surface area contributed by atoms with Crippen molar-refractivity contribution in [3.63, 3.8) is 0 Å². The summed E-state index contributed by atoms with van der Waals surface area (Å²) in [6.45, 7) is 3.30. The summed E-state index contributed by atoms with van der Waals surface area (Å²) in [6, 6.07) is 0.0379. The normalized spacial score (nSPS) is 37.9. The van der Waals surface area contributed by atoms with Crippen LogP contribution in [0.2, 0.25) is 0 Å². The molecule has 1 saturated carbocycles. The molecule has 4 N–H and O–H groups in total. The molecule has 116 valence electrons. The Balaban J connectivity index is 1.91. The lowest BCUT2D eigenvalue weighted by Gasteiger charge is -2.35. The number of nitrogens with two attached hydrogens (primary N) is 2. The molecule has 1 saturated heterocycles. The number of hydrogen-bond acceptors (Lipinski definition) is 5. The van der Waals surface area contributed by atoms with Gasteiger partial charge in [-0.3, -0.25) is 9.69 Å². The summed E-state index contributed by atoms with van der Waals surface area (Å²) < 4.78 is 23.1. The van der Waals surface area contributed by atoms with Crippen LogP contribution >= 0.6 is 0 Å². The van der Waals surface area contributed by atoms with Gasteiger partial charge in [-0.05, 0) is 38.6 Å². The molecule has 3 unspecified atom stereocenters. The lowest BCUT2D eigenvalue weighted by Crippen LogP contribution is -2.55. The molecule has 2 rings (SSSR count). The molecule has 20 heavy (non-hydrogen) atoms. The second kappa shape index (κ2) is 5.61. The van der Waals surface area contributed by atoms with Gasteiger partial charge in [0.15, 0.2) is 9.84 Å². The first-order chi connectivity index (χ1) is 9.24. The number of hydrogen-bond donors (Lipinski definition) is 2. The monoisotopic (exact) mass is 303 g/mol. The molecule has 0 aromatic rings. The van der Waals surface area contributed by atoms with Crippen molar-refractivity contribution >= 4 is 15.7 Å². The molecule has 1 aliphatic heterocycles. The van der Waals surface area contributed by atoms with E-state index in [4.69, 9.17) is 11.5 Å². The topological polar surface area (TPSA) is 106 Å². The van der Waals surface area contributed by atoms with Crippen LogP contribution in [0.3, 0.4) is 0 Å². The Morgan fingerprint density at radius 1 is 1.45 bits per heavy atom. The van der Waals surface area contributed by atoms with E-state index in [9.17, 15) is 13.2 Å². The van der Waals surface area contributed by atoms with Crippen molar-refractivity contribution in [1.29, 1.82) is 0 Å². The summed E-state index contributed by atoms with van der Waals surface area (Å²) in [5.74, 6) is 0.160. The number of amides is 1. The maximum atomic E-state index is 11.6. The number of carbonyl (C=O) groups is 1. The van der Waals surface area contributed by atoms with Gasteiger partial charge < -0.3 is 11.5 Å². The fourth-order valence-electron chi connectivity index (χ4n) is 3.52. The standard InChI is InChI=1S/C13H25N3O3S/c1-10-9-20(18,19)8-7-16(10)6-4-11-3-2-5-13(11,15)12(14)17/h10-11H,2-9,15H2,1H3,(H2,14,17). The molecule has 2 fully saturated rings. The Hall–Kier alpha value is -0.660. The van der Waals surface area contributed by atoms with Crippen LogP contribution in [0, 0.1) is 5.92 Å².